The van der Waals surface area contributed by atoms with E-state index in [1.807, 2.05) is 19.9 Å². The van der Waals surface area contributed by atoms with Gasteiger partial charge in [0.15, 0.2) is 11.5 Å². The fraction of sp³-hybridized carbons (Fsp3) is 0.130. The molecule has 0 saturated carbocycles. The molecule has 0 bridgehead atoms. The first-order chi connectivity index (χ1) is 13.9. The highest BCUT2D eigenvalue weighted by Gasteiger charge is 2.45. The molecule has 5 nitrogen and oxygen atoms in total. The van der Waals surface area contributed by atoms with Crippen LogP contribution in [0.2, 0.25) is 0 Å². The summed E-state index contributed by atoms with van der Waals surface area (Å²) in [5.41, 5.74) is 2.79. The van der Waals surface area contributed by atoms with Gasteiger partial charge >= 0.3 is 0 Å². The minimum absolute atomic E-state index is 0.00809. The molecule has 0 spiro atoms. The molecule has 0 fully saturated rings. The highest BCUT2D eigenvalue weighted by Crippen LogP contribution is 2.42. The molecule has 1 N–H and O–H groups in total. The molecule has 146 valence electrons. The van der Waals surface area contributed by atoms with Gasteiger partial charge in [0.1, 0.15) is 5.82 Å². The van der Waals surface area contributed by atoms with Gasteiger partial charge in [0.05, 0.1) is 17.9 Å². The number of aliphatic hydroxyl groups is 1. The number of amides is 1. The largest absolute Gasteiger partial charge is 0.503 e. The van der Waals surface area contributed by atoms with Crippen LogP contribution in [0.5, 0.6) is 0 Å². The van der Waals surface area contributed by atoms with E-state index in [0.29, 0.717) is 11.3 Å². The Bertz CT molecular complexity index is 1110. The van der Waals surface area contributed by atoms with Gasteiger partial charge in [-0.3, -0.25) is 14.5 Å². The predicted molar refractivity (Wildman–Crippen MR) is 105 cm³/mol. The average molecular weight is 391 g/mol. The van der Waals surface area contributed by atoms with Gasteiger partial charge in [-0.25, -0.2) is 4.39 Å². The summed E-state index contributed by atoms with van der Waals surface area (Å²) in [6.07, 6.45) is 1.34. The number of rotatable bonds is 4. The average Bonchev–Trinajstić information content (AvgIpc) is 3.29. The van der Waals surface area contributed by atoms with E-state index in [-0.39, 0.29) is 11.3 Å². The Kier molecular flexibility index (Phi) is 4.54. The van der Waals surface area contributed by atoms with Crippen LogP contribution in [0.25, 0.3) is 0 Å². The number of benzene rings is 2. The van der Waals surface area contributed by atoms with Gasteiger partial charge in [0, 0.05) is 5.69 Å². The second-order valence-corrected chi connectivity index (χ2v) is 7.04. The van der Waals surface area contributed by atoms with Gasteiger partial charge in [-0.05, 0) is 66.9 Å². The Morgan fingerprint density at radius 2 is 1.72 bits per heavy atom. The second-order valence-electron chi connectivity index (χ2n) is 7.04. The van der Waals surface area contributed by atoms with Crippen molar-refractivity contribution in [1.29, 1.82) is 0 Å². The zero-order valence-electron chi connectivity index (χ0n) is 15.8. The van der Waals surface area contributed by atoms with E-state index in [2.05, 4.69) is 0 Å². The van der Waals surface area contributed by atoms with E-state index in [1.165, 1.54) is 41.5 Å². The van der Waals surface area contributed by atoms with Crippen molar-refractivity contribution >= 4 is 17.4 Å². The molecule has 1 aromatic heterocycles. The first kappa shape index (κ1) is 18.7. The smallest absolute Gasteiger partial charge is 0.294 e. The number of hydrogen-bond acceptors (Lipinski definition) is 4. The van der Waals surface area contributed by atoms with Crippen LogP contribution >= 0.6 is 0 Å². The standard InChI is InChI=1S/C23H18FNO4/c1-13-10-14(2)12-17(11-13)25-20(15-5-7-16(24)8-6-15)19(22(27)23(25)28)21(26)18-4-3-9-29-18/h3-12,20,27H,1-2H3. The monoisotopic (exact) mass is 391 g/mol. The van der Waals surface area contributed by atoms with Crippen molar-refractivity contribution in [3.8, 4) is 0 Å². The molecule has 4 rings (SSSR count). The van der Waals surface area contributed by atoms with Gasteiger partial charge in [-0.15, -0.1) is 0 Å². The van der Waals surface area contributed by atoms with Gasteiger partial charge in [0.25, 0.3) is 5.91 Å². The molecule has 1 atom stereocenters. The molecular formula is C23H18FNO4. The van der Waals surface area contributed by atoms with Crippen LogP contribution in [-0.4, -0.2) is 16.8 Å². The van der Waals surface area contributed by atoms with Crippen LogP contribution in [0.1, 0.15) is 33.3 Å². The molecule has 0 saturated heterocycles. The van der Waals surface area contributed by atoms with Crippen molar-refractivity contribution in [2.24, 2.45) is 0 Å². The number of halogens is 1. The highest BCUT2D eigenvalue weighted by molar-refractivity contribution is 6.20. The summed E-state index contributed by atoms with van der Waals surface area (Å²) < 4.78 is 18.7. The van der Waals surface area contributed by atoms with E-state index < -0.39 is 29.3 Å². The van der Waals surface area contributed by atoms with Crippen LogP contribution in [0, 0.1) is 19.7 Å². The quantitative estimate of drug-likeness (QED) is 0.648. The minimum atomic E-state index is -0.915. The highest BCUT2D eigenvalue weighted by atomic mass is 19.1. The van der Waals surface area contributed by atoms with Gasteiger partial charge in [-0.1, -0.05) is 18.2 Å². The topological polar surface area (TPSA) is 70.8 Å². The number of carbonyl (C=O) groups excluding carboxylic acids is 2. The summed E-state index contributed by atoms with van der Waals surface area (Å²) >= 11 is 0. The van der Waals surface area contributed by atoms with Gasteiger partial charge < -0.3 is 9.52 Å². The molecule has 3 aromatic rings. The Hall–Kier alpha value is -3.67. The first-order valence-corrected chi connectivity index (χ1v) is 9.05. The lowest BCUT2D eigenvalue weighted by Crippen LogP contribution is -2.31. The number of carbonyl (C=O) groups is 2. The number of hydrogen-bond donors (Lipinski definition) is 1. The maximum Gasteiger partial charge on any atom is 0.294 e. The molecule has 2 aromatic carbocycles. The Morgan fingerprint density at radius 3 is 2.31 bits per heavy atom. The van der Waals surface area contributed by atoms with Crippen molar-refractivity contribution < 1.29 is 23.5 Å². The fourth-order valence-electron chi connectivity index (χ4n) is 3.69. The van der Waals surface area contributed by atoms with Crippen molar-refractivity contribution in [3.63, 3.8) is 0 Å². The van der Waals surface area contributed by atoms with Crippen molar-refractivity contribution in [1.82, 2.24) is 0 Å². The van der Waals surface area contributed by atoms with Crippen LogP contribution in [0.4, 0.5) is 10.1 Å². The summed E-state index contributed by atoms with van der Waals surface area (Å²) in [5.74, 6) is -2.36. The zero-order valence-corrected chi connectivity index (χ0v) is 15.8. The number of furan rings is 1. The summed E-state index contributed by atoms with van der Waals surface area (Å²) in [6.45, 7) is 3.79. The molecule has 0 radical (unpaired) electrons. The number of aryl methyl sites for hydroxylation is 2. The normalized spacial score (nSPS) is 16.6. The SMILES string of the molecule is Cc1cc(C)cc(N2C(=O)C(O)=C(C(=O)c3ccco3)C2c2ccc(F)cc2)c1. The summed E-state index contributed by atoms with van der Waals surface area (Å²) in [7, 11) is 0. The molecule has 2 heterocycles. The summed E-state index contributed by atoms with van der Waals surface area (Å²) in [4.78, 5) is 27.4. The van der Waals surface area contributed by atoms with Crippen LogP contribution < -0.4 is 4.90 Å². The number of nitrogens with zero attached hydrogens (tertiary/aromatic N) is 1. The number of aliphatic hydroxyl groups excluding tert-OH is 1. The number of anilines is 1. The minimum Gasteiger partial charge on any atom is -0.503 e. The van der Waals surface area contributed by atoms with E-state index in [9.17, 15) is 19.1 Å². The molecule has 1 aliphatic rings. The van der Waals surface area contributed by atoms with Crippen molar-refractivity contribution in [2.75, 3.05) is 4.90 Å². The molecule has 6 heteroatoms. The lowest BCUT2D eigenvalue weighted by molar-refractivity contribution is -0.117. The molecule has 29 heavy (non-hydrogen) atoms. The molecule has 0 aliphatic carbocycles. The van der Waals surface area contributed by atoms with E-state index in [4.69, 9.17) is 4.42 Å². The third-order valence-electron chi connectivity index (χ3n) is 4.87. The second kappa shape index (κ2) is 7.05. The van der Waals surface area contributed by atoms with Crippen LogP contribution in [-0.2, 0) is 4.79 Å². The number of ketones is 1. The van der Waals surface area contributed by atoms with Gasteiger partial charge in [0.2, 0.25) is 5.78 Å². The molecular weight excluding hydrogens is 373 g/mol. The lowest BCUT2D eigenvalue weighted by Gasteiger charge is -2.27. The fourth-order valence-corrected chi connectivity index (χ4v) is 3.69. The summed E-state index contributed by atoms with van der Waals surface area (Å²) in [5, 5.41) is 10.6. The van der Waals surface area contributed by atoms with Crippen LogP contribution in [0.15, 0.2) is 76.6 Å². The van der Waals surface area contributed by atoms with E-state index in [1.54, 1.807) is 18.2 Å². The van der Waals surface area contributed by atoms with Crippen molar-refractivity contribution in [3.05, 3.63) is 100 Å². The van der Waals surface area contributed by atoms with Gasteiger partial charge in [-0.2, -0.15) is 0 Å². The predicted octanol–water partition coefficient (Wildman–Crippen LogP) is 4.82. The first-order valence-electron chi connectivity index (χ1n) is 9.05. The van der Waals surface area contributed by atoms with Crippen molar-refractivity contribution in [2.45, 2.75) is 19.9 Å². The lowest BCUT2D eigenvalue weighted by atomic mass is 9.94. The molecule has 1 unspecified atom stereocenters. The Morgan fingerprint density at radius 1 is 1.07 bits per heavy atom. The van der Waals surface area contributed by atoms with E-state index >= 15 is 0 Å². The van der Waals surface area contributed by atoms with E-state index in [0.717, 1.165) is 11.1 Å². The van der Waals surface area contributed by atoms with Crippen LogP contribution in [0.3, 0.4) is 0 Å². The summed E-state index contributed by atoms with van der Waals surface area (Å²) in [6, 6.07) is 13.2. The maximum absolute atomic E-state index is 13.5. The number of Topliss-reactive ketones (excluding diaryl/α,β-unsaturated/α-hetero) is 1. The maximum atomic E-state index is 13.5. The Balaban J connectivity index is 1.90. The zero-order chi connectivity index (χ0) is 20.7. The third kappa shape index (κ3) is 3.23. The molecule has 1 amide bonds. The third-order valence-corrected chi connectivity index (χ3v) is 4.87. The molecule has 1 aliphatic heterocycles. The Labute approximate surface area is 166 Å².